The molecule has 3 N–H and O–H groups in total. The molecule has 0 aromatic carbocycles. The molecular formula is C62H117NO5. The van der Waals surface area contributed by atoms with Gasteiger partial charge in [0.05, 0.1) is 25.4 Å². The maximum Gasteiger partial charge on any atom is 0.305 e. The highest BCUT2D eigenvalue weighted by molar-refractivity contribution is 5.76. The normalized spacial score (nSPS) is 12.8. The summed E-state index contributed by atoms with van der Waals surface area (Å²) in [6, 6.07) is -0.549. The Morgan fingerprint density at radius 1 is 0.412 bits per heavy atom. The molecule has 0 fully saturated rings. The number of aliphatic hydroxyl groups excluding tert-OH is 2. The van der Waals surface area contributed by atoms with Gasteiger partial charge in [-0.1, -0.05) is 262 Å². The largest absolute Gasteiger partial charge is 0.466 e. The molecule has 0 rings (SSSR count). The summed E-state index contributed by atoms with van der Waals surface area (Å²) in [6.07, 6.45) is 71.4. The number of allylic oxidation sites excluding steroid dienone is 6. The van der Waals surface area contributed by atoms with Crippen LogP contribution < -0.4 is 5.32 Å². The number of esters is 1. The second-order valence-electron chi connectivity index (χ2n) is 20.7. The number of ether oxygens (including phenoxy) is 1. The number of unbranched alkanes of at least 4 members (excludes halogenated alkanes) is 39. The van der Waals surface area contributed by atoms with E-state index >= 15 is 0 Å². The van der Waals surface area contributed by atoms with Gasteiger partial charge in [0.1, 0.15) is 0 Å². The summed E-state index contributed by atoms with van der Waals surface area (Å²) >= 11 is 0. The van der Waals surface area contributed by atoms with Gasteiger partial charge in [0, 0.05) is 12.8 Å². The smallest absolute Gasteiger partial charge is 0.305 e. The van der Waals surface area contributed by atoms with Gasteiger partial charge in [-0.05, 0) is 83.5 Å². The molecule has 0 heterocycles. The zero-order chi connectivity index (χ0) is 49.3. The van der Waals surface area contributed by atoms with Crippen LogP contribution in [0.25, 0.3) is 0 Å². The van der Waals surface area contributed by atoms with Crippen molar-refractivity contribution in [2.45, 2.75) is 334 Å². The Balaban J connectivity index is 3.45. The summed E-state index contributed by atoms with van der Waals surface area (Å²) in [6.45, 7) is 4.92. The van der Waals surface area contributed by atoms with Crippen molar-refractivity contribution in [1.82, 2.24) is 5.32 Å². The second-order valence-corrected chi connectivity index (χ2v) is 20.7. The van der Waals surface area contributed by atoms with Crippen LogP contribution >= 0.6 is 0 Å². The lowest BCUT2D eigenvalue weighted by Gasteiger charge is -2.22. The Bertz CT molecular complexity index is 1100. The molecule has 6 heteroatoms. The van der Waals surface area contributed by atoms with Gasteiger partial charge < -0.3 is 20.3 Å². The number of hydrogen-bond acceptors (Lipinski definition) is 5. The number of hydrogen-bond donors (Lipinski definition) is 3. The monoisotopic (exact) mass is 956 g/mol. The minimum atomic E-state index is -0.671. The maximum atomic E-state index is 12.5. The fourth-order valence-electron chi connectivity index (χ4n) is 9.25. The van der Waals surface area contributed by atoms with E-state index in [1.54, 1.807) is 0 Å². The minimum absolute atomic E-state index is 0.00995. The molecule has 400 valence electrons. The number of carbonyl (C=O) groups excluding carboxylic acids is 2. The van der Waals surface area contributed by atoms with E-state index in [-0.39, 0.29) is 18.5 Å². The highest BCUT2D eigenvalue weighted by Crippen LogP contribution is 2.17. The third-order valence-electron chi connectivity index (χ3n) is 13.9. The first kappa shape index (κ1) is 66.1. The van der Waals surface area contributed by atoms with E-state index < -0.39 is 12.1 Å². The molecule has 0 saturated carbocycles. The Kier molecular flexibility index (Phi) is 56.0. The summed E-state index contributed by atoms with van der Waals surface area (Å²) < 4.78 is 5.47. The van der Waals surface area contributed by atoms with Gasteiger partial charge in [-0.2, -0.15) is 0 Å². The van der Waals surface area contributed by atoms with Crippen molar-refractivity contribution in [2.75, 3.05) is 13.2 Å². The molecule has 0 aliphatic rings. The van der Waals surface area contributed by atoms with Gasteiger partial charge in [-0.3, -0.25) is 9.59 Å². The van der Waals surface area contributed by atoms with Gasteiger partial charge in [0.2, 0.25) is 5.91 Å². The summed E-state index contributed by atoms with van der Waals surface area (Å²) in [5.41, 5.74) is 0. The first-order chi connectivity index (χ1) is 33.5. The summed E-state index contributed by atoms with van der Waals surface area (Å²) in [7, 11) is 0. The molecule has 0 aliphatic heterocycles. The Morgan fingerprint density at radius 3 is 1.16 bits per heavy atom. The third kappa shape index (κ3) is 53.4. The van der Waals surface area contributed by atoms with Crippen LogP contribution in [0.2, 0.25) is 0 Å². The Hall–Kier alpha value is -1.92. The van der Waals surface area contributed by atoms with E-state index in [2.05, 4.69) is 55.6 Å². The topological polar surface area (TPSA) is 95.9 Å². The molecule has 0 radical (unpaired) electrons. The zero-order valence-electron chi connectivity index (χ0n) is 45.6. The van der Waals surface area contributed by atoms with Crippen LogP contribution in [0.1, 0.15) is 322 Å². The van der Waals surface area contributed by atoms with Crippen LogP contribution in [0.4, 0.5) is 0 Å². The Morgan fingerprint density at radius 2 is 0.735 bits per heavy atom. The van der Waals surface area contributed by atoms with E-state index in [1.165, 1.54) is 231 Å². The lowest BCUT2D eigenvalue weighted by Crippen LogP contribution is -2.45. The SMILES string of the molecule is CCCCC/C=C\C/C=C\CCCCCCCC(=O)OCCCCCCCCCC/C=C\CCCCCCCCCC(=O)NC(CO)C(O)CCCCCCCCCCCCCCCCCCC. The van der Waals surface area contributed by atoms with Gasteiger partial charge in [0.25, 0.3) is 0 Å². The highest BCUT2D eigenvalue weighted by atomic mass is 16.5. The van der Waals surface area contributed by atoms with Gasteiger partial charge >= 0.3 is 5.97 Å². The molecule has 0 saturated heterocycles. The average molecular weight is 957 g/mol. The second kappa shape index (κ2) is 57.7. The molecule has 0 spiro atoms. The predicted octanol–water partition coefficient (Wildman–Crippen LogP) is 18.8. The number of nitrogens with one attached hydrogen (secondary N) is 1. The Labute approximate surface area is 424 Å². The van der Waals surface area contributed by atoms with Crippen molar-refractivity contribution >= 4 is 11.9 Å². The zero-order valence-corrected chi connectivity index (χ0v) is 45.6. The van der Waals surface area contributed by atoms with Crippen LogP contribution in [0.15, 0.2) is 36.5 Å². The van der Waals surface area contributed by atoms with Crippen LogP contribution in [-0.4, -0.2) is 47.4 Å². The highest BCUT2D eigenvalue weighted by Gasteiger charge is 2.20. The standard InChI is InChI=1S/C62H117NO5/c1-3-5-7-9-11-13-15-17-19-23-27-30-34-38-42-46-50-54-60(65)59(58-64)63-61(66)55-51-47-43-39-35-31-28-24-21-20-22-25-29-33-37-41-45-49-53-57-68-62(67)56-52-48-44-40-36-32-26-18-16-14-12-10-8-6-4-2/h12,14,18,20-21,26,59-60,64-65H,3-11,13,15-17,19,22-25,27-58H2,1-2H3,(H,63,66)/b14-12-,21-20-,26-18-. The fourth-order valence-corrected chi connectivity index (χ4v) is 9.25. The van der Waals surface area contributed by atoms with Crippen molar-refractivity contribution in [3.63, 3.8) is 0 Å². The quantitative estimate of drug-likeness (QED) is 0.0321. The van der Waals surface area contributed by atoms with Crippen molar-refractivity contribution in [2.24, 2.45) is 0 Å². The lowest BCUT2D eigenvalue weighted by atomic mass is 10.0. The van der Waals surface area contributed by atoms with Crippen LogP contribution in [0.5, 0.6) is 0 Å². The van der Waals surface area contributed by atoms with E-state index in [0.29, 0.717) is 25.9 Å². The molecule has 1 amide bonds. The summed E-state index contributed by atoms with van der Waals surface area (Å²) in [5, 5.41) is 23.3. The first-order valence-corrected chi connectivity index (χ1v) is 30.2. The molecule has 0 aliphatic carbocycles. The van der Waals surface area contributed by atoms with Gasteiger partial charge in [-0.25, -0.2) is 0 Å². The van der Waals surface area contributed by atoms with Crippen LogP contribution in [-0.2, 0) is 14.3 Å². The third-order valence-corrected chi connectivity index (χ3v) is 13.9. The minimum Gasteiger partial charge on any atom is -0.466 e. The molecule has 0 aromatic rings. The van der Waals surface area contributed by atoms with E-state index in [9.17, 15) is 19.8 Å². The fraction of sp³-hybridized carbons (Fsp3) is 0.871. The van der Waals surface area contributed by atoms with E-state index in [4.69, 9.17) is 4.74 Å². The molecule has 68 heavy (non-hydrogen) atoms. The molecular weight excluding hydrogens is 839 g/mol. The lowest BCUT2D eigenvalue weighted by molar-refractivity contribution is -0.143. The molecule has 2 unspecified atom stereocenters. The van der Waals surface area contributed by atoms with Crippen LogP contribution in [0.3, 0.4) is 0 Å². The molecule has 6 nitrogen and oxygen atoms in total. The average Bonchev–Trinajstić information content (AvgIpc) is 3.34. The van der Waals surface area contributed by atoms with E-state index in [1.807, 2.05) is 0 Å². The van der Waals surface area contributed by atoms with Crippen molar-refractivity contribution in [1.29, 1.82) is 0 Å². The van der Waals surface area contributed by atoms with E-state index in [0.717, 1.165) is 57.8 Å². The van der Waals surface area contributed by atoms with Crippen molar-refractivity contribution in [3.05, 3.63) is 36.5 Å². The number of rotatable bonds is 56. The van der Waals surface area contributed by atoms with Crippen molar-refractivity contribution in [3.8, 4) is 0 Å². The first-order valence-electron chi connectivity index (χ1n) is 30.2. The number of carbonyl (C=O) groups is 2. The number of aliphatic hydroxyl groups is 2. The molecule has 0 bridgehead atoms. The predicted molar refractivity (Wildman–Crippen MR) is 296 cm³/mol. The van der Waals surface area contributed by atoms with Gasteiger partial charge in [-0.15, -0.1) is 0 Å². The summed E-state index contributed by atoms with van der Waals surface area (Å²) in [4.78, 5) is 24.5. The maximum absolute atomic E-state index is 12.5. The molecule has 0 aromatic heterocycles. The summed E-state index contributed by atoms with van der Waals surface area (Å²) in [5.74, 6) is -0.0532. The molecule has 2 atom stereocenters. The van der Waals surface area contributed by atoms with Gasteiger partial charge in [0.15, 0.2) is 0 Å². The number of amides is 1. The van der Waals surface area contributed by atoms with Crippen LogP contribution in [0, 0.1) is 0 Å². The van der Waals surface area contributed by atoms with Crippen molar-refractivity contribution < 1.29 is 24.5 Å².